The number of carbonyl (C=O) groups excluding carboxylic acids is 1. The summed E-state index contributed by atoms with van der Waals surface area (Å²) in [6.07, 6.45) is 5.80. The molecule has 5 nitrogen and oxygen atoms in total. The number of aliphatic carboxylic acids is 1. The summed E-state index contributed by atoms with van der Waals surface area (Å²) in [5.74, 6) is -2.28. The maximum atomic E-state index is 12.7. The van der Waals surface area contributed by atoms with Gasteiger partial charge in [0.1, 0.15) is 6.04 Å². The molecule has 108 valence electrons. The van der Waals surface area contributed by atoms with Crippen LogP contribution in [0.5, 0.6) is 0 Å². The minimum Gasteiger partial charge on any atom is -0.480 e. The van der Waals surface area contributed by atoms with Gasteiger partial charge < -0.3 is 10.4 Å². The Morgan fingerprint density at radius 3 is 2.55 bits per heavy atom. The second-order valence-corrected chi connectivity index (χ2v) is 5.06. The number of carboxylic acid groups (broad SMARTS) is 1. The molecule has 0 saturated heterocycles. The van der Waals surface area contributed by atoms with E-state index in [2.05, 4.69) is 10.3 Å². The number of carbonyl (C=O) groups is 2. The summed E-state index contributed by atoms with van der Waals surface area (Å²) in [5, 5.41) is 11.8. The third-order valence-corrected chi connectivity index (χ3v) is 3.66. The average Bonchev–Trinajstić information content (AvgIpc) is 2.46. The molecule has 2 rings (SSSR count). The van der Waals surface area contributed by atoms with Crippen LogP contribution >= 0.6 is 0 Å². The lowest BCUT2D eigenvalue weighted by Crippen LogP contribution is -2.46. The first kappa shape index (κ1) is 14.4. The quantitative estimate of drug-likeness (QED) is 0.827. The van der Waals surface area contributed by atoms with Gasteiger partial charge in [-0.05, 0) is 30.9 Å². The Morgan fingerprint density at radius 1 is 1.30 bits per heavy atom. The predicted octanol–water partition coefficient (Wildman–Crippen LogP) is 1.98. The van der Waals surface area contributed by atoms with E-state index in [1.54, 1.807) is 0 Å². The van der Waals surface area contributed by atoms with Gasteiger partial charge in [0.25, 0.3) is 5.91 Å². The van der Waals surface area contributed by atoms with Crippen LogP contribution in [-0.4, -0.2) is 28.0 Å². The topological polar surface area (TPSA) is 79.3 Å². The number of amides is 1. The van der Waals surface area contributed by atoms with Crippen molar-refractivity contribution in [2.75, 3.05) is 0 Å². The van der Waals surface area contributed by atoms with Crippen molar-refractivity contribution in [2.24, 2.45) is 5.92 Å². The van der Waals surface area contributed by atoms with Crippen molar-refractivity contribution in [1.82, 2.24) is 10.3 Å². The van der Waals surface area contributed by atoms with Crippen LogP contribution in [0, 0.1) is 11.9 Å². The van der Waals surface area contributed by atoms with E-state index in [4.69, 9.17) is 0 Å². The second kappa shape index (κ2) is 6.45. The lowest BCUT2D eigenvalue weighted by Gasteiger charge is -2.28. The van der Waals surface area contributed by atoms with Crippen LogP contribution in [0.1, 0.15) is 42.5 Å². The molecule has 6 heteroatoms. The second-order valence-electron chi connectivity index (χ2n) is 5.06. The number of pyridine rings is 1. The molecule has 1 heterocycles. The number of rotatable bonds is 4. The highest BCUT2D eigenvalue weighted by Crippen LogP contribution is 2.26. The lowest BCUT2D eigenvalue weighted by molar-refractivity contribution is -0.141. The molecule has 0 aliphatic heterocycles. The number of halogens is 1. The summed E-state index contributed by atoms with van der Waals surface area (Å²) in [6, 6.07) is 1.47. The molecule has 1 saturated carbocycles. The van der Waals surface area contributed by atoms with Crippen LogP contribution < -0.4 is 5.32 Å². The number of nitrogens with zero attached hydrogens (tertiary/aromatic N) is 1. The minimum atomic E-state index is -1.03. The molecule has 1 unspecified atom stereocenters. The Balaban J connectivity index is 2.05. The Hall–Kier alpha value is -1.98. The SMILES string of the molecule is O=C(NC(C(=O)O)C1CCCCC1)c1ccc(F)nc1. The zero-order valence-electron chi connectivity index (χ0n) is 11.0. The van der Waals surface area contributed by atoms with Gasteiger partial charge in [0, 0.05) is 6.20 Å². The van der Waals surface area contributed by atoms with Gasteiger partial charge in [-0.25, -0.2) is 9.78 Å². The van der Waals surface area contributed by atoms with Gasteiger partial charge in [-0.15, -0.1) is 0 Å². The van der Waals surface area contributed by atoms with Gasteiger partial charge in [-0.3, -0.25) is 4.79 Å². The van der Waals surface area contributed by atoms with Crippen molar-refractivity contribution in [1.29, 1.82) is 0 Å². The standard InChI is InChI=1S/C14H17FN2O3/c15-11-7-6-10(8-16-11)13(18)17-12(14(19)20)9-4-2-1-3-5-9/h6-9,12H,1-5H2,(H,17,18)(H,19,20). The molecule has 0 radical (unpaired) electrons. The van der Waals surface area contributed by atoms with Gasteiger partial charge in [-0.2, -0.15) is 4.39 Å². The summed E-state index contributed by atoms with van der Waals surface area (Å²) in [4.78, 5) is 26.7. The zero-order chi connectivity index (χ0) is 14.5. The predicted molar refractivity (Wildman–Crippen MR) is 69.7 cm³/mol. The van der Waals surface area contributed by atoms with Crippen LogP contribution in [0.25, 0.3) is 0 Å². The molecule has 1 aliphatic carbocycles. The van der Waals surface area contributed by atoms with Crippen LogP contribution in [0.15, 0.2) is 18.3 Å². The van der Waals surface area contributed by atoms with Crippen molar-refractivity contribution in [3.05, 3.63) is 29.8 Å². The molecule has 1 aliphatic rings. The van der Waals surface area contributed by atoms with Crippen LogP contribution in [0.4, 0.5) is 4.39 Å². The van der Waals surface area contributed by atoms with Gasteiger partial charge in [0.05, 0.1) is 5.56 Å². The van der Waals surface area contributed by atoms with Crippen molar-refractivity contribution in [3.63, 3.8) is 0 Å². The molecule has 1 amide bonds. The lowest BCUT2D eigenvalue weighted by atomic mass is 9.84. The molecule has 1 atom stereocenters. The van der Waals surface area contributed by atoms with Gasteiger partial charge in [0.15, 0.2) is 0 Å². The molecule has 20 heavy (non-hydrogen) atoms. The molecular formula is C14H17FN2O3. The molecule has 1 fully saturated rings. The zero-order valence-corrected chi connectivity index (χ0v) is 11.0. The Morgan fingerprint density at radius 2 is 2.00 bits per heavy atom. The van der Waals surface area contributed by atoms with Gasteiger partial charge >= 0.3 is 5.97 Å². The summed E-state index contributed by atoms with van der Waals surface area (Å²) in [7, 11) is 0. The fraction of sp³-hybridized carbons (Fsp3) is 0.500. The van der Waals surface area contributed by atoms with E-state index >= 15 is 0 Å². The molecular weight excluding hydrogens is 263 g/mol. The van der Waals surface area contributed by atoms with E-state index in [0.717, 1.165) is 44.4 Å². The van der Waals surface area contributed by atoms with Crippen molar-refractivity contribution in [3.8, 4) is 0 Å². The van der Waals surface area contributed by atoms with Gasteiger partial charge in [0.2, 0.25) is 5.95 Å². The average molecular weight is 280 g/mol. The summed E-state index contributed by atoms with van der Waals surface area (Å²) < 4.78 is 12.7. The first-order valence-electron chi connectivity index (χ1n) is 6.73. The van der Waals surface area contributed by atoms with Crippen LogP contribution in [0.2, 0.25) is 0 Å². The maximum Gasteiger partial charge on any atom is 0.326 e. The summed E-state index contributed by atoms with van der Waals surface area (Å²) in [6.45, 7) is 0. The van der Waals surface area contributed by atoms with Crippen molar-refractivity contribution in [2.45, 2.75) is 38.1 Å². The monoisotopic (exact) mass is 280 g/mol. The van der Waals surface area contributed by atoms with E-state index in [9.17, 15) is 19.1 Å². The first-order valence-corrected chi connectivity index (χ1v) is 6.73. The van der Waals surface area contributed by atoms with E-state index in [0.29, 0.717) is 0 Å². The number of nitrogens with one attached hydrogen (secondary N) is 1. The van der Waals surface area contributed by atoms with E-state index in [1.807, 2.05) is 0 Å². The van der Waals surface area contributed by atoms with Gasteiger partial charge in [-0.1, -0.05) is 19.3 Å². The highest BCUT2D eigenvalue weighted by atomic mass is 19.1. The minimum absolute atomic E-state index is 0.0430. The maximum absolute atomic E-state index is 12.7. The van der Waals surface area contributed by atoms with E-state index < -0.39 is 23.9 Å². The molecule has 0 bridgehead atoms. The molecule has 0 aromatic carbocycles. The highest BCUT2D eigenvalue weighted by molar-refractivity contribution is 5.96. The number of hydrogen-bond acceptors (Lipinski definition) is 3. The fourth-order valence-corrected chi connectivity index (χ4v) is 2.58. The van der Waals surface area contributed by atoms with E-state index in [-0.39, 0.29) is 11.5 Å². The molecule has 2 N–H and O–H groups in total. The normalized spacial score (nSPS) is 17.4. The highest BCUT2D eigenvalue weighted by Gasteiger charge is 2.30. The van der Waals surface area contributed by atoms with Crippen LogP contribution in [0.3, 0.4) is 0 Å². The summed E-state index contributed by atoms with van der Waals surface area (Å²) >= 11 is 0. The number of carboxylic acids is 1. The molecule has 1 aromatic rings. The molecule has 1 aromatic heterocycles. The third-order valence-electron chi connectivity index (χ3n) is 3.66. The van der Waals surface area contributed by atoms with Crippen molar-refractivity contribution >= 4 is 11.9 Å². The Kier molecular flexibility index (Phi) is 4.65. The molecule has 0 spiro atoms. The number of aromatic nitrogens is 1. The van der Waals surface area contributed by atoms with E-state index in [1.165, 1.54) is 6.07 Å². The Labute approximate surface area is 116 Å². The number of hydrogen-bond donors (Lipinski definition) is 2. The summed E-state index contributed by atoms with van der Waals surface area (Å²) in [5.41, 5.74) is 0.161. The largest absolute Gasteiger partial charge is 0.480 e. The van der Waals surface area contributed by atoms with Crippen LogP contribution in [-0.2, 0) is 4.79 Å². The first-order chi connectivity index (χ1) is 9.58. The fourth-order valence-electron chi connectivity index (χ4n) is 2.58. The van der Waals surface area contributed by atoms with Crippen molar-refractivity contribution < 1.29 is 19.1 Å². The third kappa shape index (κ3) is 3.53. The smallest absolute Gasteiger partial charge is 0.326 e. The Bertz CT molecular complexity index is 484.